The van der Waals surface area contributed by atoms with E-state index in [2.05, 4.69) is 69.2 Å². The zero-order chi connectivity index (χ0) is 26.5. The van der Waals surface area contributed by atoms with Gasteiger partial charge in [-0.05, 0) is 65.0 Å². The van der Waals surface area contributed by atoms with Gasteiger partial charge in [-0.3, -0.25) is 4.79 Å². The average Bonchev–Trinajstić information content (AvgIpc) is 2.96. The van der Waals surface area contributed by atoms with Crippen molar-refractivity contribution in [3.8, 4) is 0 Å². The van der Waals surface area contributed by atoms with E-state index in [1.54, 1.807) is 6.07 Å². The normalized spacial score (nSPS) is 17.6. The lowest BCUT2D eigenvalue weighted by Crippen LogP contribution is -2.49. The molecular weight excluding hydrogens is 428 g/mol. The summed E-state index contributed by atoms with van der Waals surface area (Å²) < 4.78 is 10.1. The number of cyclic esters (lactones) is 2. The molecule has 1 aromatic carbocycles. The van der Waals surface area contributed by atoms with Crippen molar-refractivity contribution < 1.29 is 23.9 Å². The summed E-state index contributed by atoms with van der Waals surface area (Å²) in [6.07, 6.45) is 1.50. The van der Waals surface area contributed by atoms with Crippen LogP contribution in [0.5, 0.6) is 0 Å². The molecule has 1 aliphatic heterocycles. The van der Waals surface area contributed by atoms with E-state index in [-0.39, 0.29) is 33.5 Å². The van der Waals surface area contributed by atoms with Gasteiger partial charge < -0.3 is 9.47 Å². The summed E-state index contributed by atoms with van der Waals surface area (Å²) in [4.78, 5) is 37.3. The van der Waals surface area contributed by atoms with Crippen molar-refractivity contribution in [2.24, 2.45) is 27.1 Å². The fourth-order valence-corrected chi connectivity index (χ4v) is 5.17. The van der Waals surface area contributed by atoms with Gasteiger partial charge in [0.05, 0.1) is 23.7 Å². The molecule has 1 aromatic rings. The summed E-state index contributed by atoms with van der Waals surface area (Å²) in [6, 6.07) is 5.50. The van der Waals surface area contributed by atoms with Crippen LogP contribution in [0.25, 0.3) is 0 Å². The van der Waals surface area contributed by atoms with Gasteiger partial charge in [-0.2, -0.15) is 0 Å². The van der Waals surface area contributed by atoms with Crippen LogP contribution in [-0.2, 0) is 14.3 Å². The van der Waals surface area contributed by atoms with Gasteiger partial charge in [0, 0.05) is 0 Å². The zero-order valence-corrected chi connectivity index (χ0v) is 23.3. The molecule has 0 amide bonds. The van der Waals surface area contributed by atoms with E-state index in [1.807, 2.05) is 19.1 Å². The summed E-state index contributed by atoms with van der Waals surface area (Å²) in [5.41, 5.74) is 0.136. The largest absolute Gasteiger partial charge is 0.469 e. The second-order valence-electron chi connectivity index (χ2n) is 13.7. The van der Waals surface area contributed by atoms with Crippen LogP contribution >= 0.6 is 0 Å². The molecule has 0 saturated carbocycles. The van der Waals surface area contributed by atoms with Crippen molar-refractivity contribution in [1.82, 2.24) is 0 Å². The smallest absolute Gasteiger partial charge is 0.346 e. The molecule has 1 heterocycles. The lowest BCUT2D eigenvalue weighted by atomic mass is 9.50. The van der Waals surface area contributed by atoms with Crippen LogP contribution < -0.4 is 0 Å². The average molecular weight is 473 g/mol. The Morgan fingerprint density at radius 3 is 1.88 bits per heavy atom. The Balaban J connectivity index is 2.62. The molecule has 5 heteroatoms. The summed E-state index contributed by atoms with van der Waals surface area (Å²) in [5.74, 6) is -1.30. The van der Waals surface area contributed by atoms with Gasteiger partial charge in [0.15, 0.2) is 0 Å². The van der Waals surface area contributed by atoms with Crippen molar-refractivity contribution in [3.05, 3.63) is 34.9 Å². The highest BCUT2D eigenvalue weighted by molar-refractivity contribution is 6.14. The van der Waals surface area contributed by atoms with E-state index < -0.39 is 17.4 Å². The van der Waals surface area contributed by atoms with Gasteiger partial charge in [-0.15, -0.1) is 0 Å². The van der Waals surface area contributed by atoms with E-state index >= 15 is 0 Å². The number of fused-ring (bicyclic) bond motifs is 1. The molecule has 0 aromatic heterocycles. The minimum absolute atomic E-state index is 0.0169. The predicted octanol–water partition coefficient (Wildman–Crippen LogP) is 7.18. The molecule has 190 valence electrons. The van der Waals surface area contributed by atoms with Crippen molar-refractivity contribution in [3.63, 3.8) is 0 Å². The molecular formula is C29H44O5. The number of ether oxygens (including phenoxy) is 2. The molecule has 0 fully saturated rings. The number of esters is 3. The highest BCUT2D eigenvalue weighted by atomic mass is 16.6. The van der Waals surface area contributed by atoms with Gasteiger partial charge in [-0.25, -0.2) is 9.59 Å². The monoisotopic (exact) mass is 472 g/mol. The fourth-order valence-electron chi connectivity index (χ4n) is 5.17. The van der Waals surface area contributed by atoms with E-state index in [9.17, 15) is 14.4 Å². The van der Waals surface area contributed by atoms with Gasteiger partial charge in [0.25, 0.3) is 0 Å². The summed E-state index contributed by atoms with van der Waals surface area (Å²) in [6.45, 7) is 23.8. The minimum atomic E-state index is -0.692. The van der Waals surface area contributed by atoms with Crippen LogP contribution in [0.2, 0.25) is 0 Å². The molecule has 0 N–H and O–H groups in total. The molecule has 0 spiro atoms. The number of rotatable bonds is 7. The van der Waals surface area contributed by atoms with Crippen molar-refractivity contribution in [1.29, 1.82) is 0 Å². The first kappa shape index (κ1) is 28.1. The number of methoxy groups -OCH3 is 1. The van der Waals surface area contributed by atoms with Crippen LogP contribution in [0.1, 0.15) is 121 Å². The first-order valence-corrected chi connectivity index (χ1v) is 12.2. The molecule has 0 bridgehead atoms. The Hall–Kier alpha value is -2.17. The van der Waals surface area contributed by atoms with Crippen LogP contribution in [0, 0.1) is 27.1 Å². The van der Waals surface area contributed by atoms with E-state index in [0.29, 0.717) is 17.5 Å². The number of hydrogen-bond acceptors (Lipinski definition) is 5. The number of hydrogen-bond donors (Lipinski definition) is 0. The highest BCUT2D eigenvalue weighted by Crippen LogP contribution is 2.59. The zero-order valence-electron chi connectivity index (χ0n) is 23.3. The molecule has 0 radical (unpaired) electrons. The number of benzene rings is 1. The van der Waals surface area contributed by atoms with Gasteiger partial charge >= 0.3 is 17.9 Å². The van der Waals surface area contributed by atoms with Crippen LogP contribution in [0.15, 0.2) is 18.2 Å². The van der Waals surface area contributed by atoms with E-state index in [1.165, 1.54) is 7.11 Å². The molecule has 1 aliphatic rings. The van der Waals surface area contributed by atoms with Gasteiger partial charge in [-0.1, -0.05) is 75.3 Å². The highest BCUT2D eigenvalue weighted by Gasteiger charge is 2.54. The quantitative estimate of drug-likeness (QED) is 0.310. The van der Waals surface area contributed by atoms with E-state index in [4.69, 9.17) is 9.47 Å². The van der Waals surface area contributed by atoms with Crippen LogP contribution in [0.4, 0.5) is 0 Å². The van der Waals surface area contributed by atoms with Gasteiger partial charge in [0.1, 0.15) is 0 Å². The number of carbonyl (C=O) groups is 3. The summed E-state index contributed by atoms with van der Waals surface area (Å²) in [5, 5.41) is 0. The SMILES string of the molecule is COC(=O)C(C)(CC(C)(C)C(C)(C)C(CC(C)(C)C)c1ccc2c(c1)C(=O)OC2=O)C(C)(C)C. The predicted molar refractivity (Wildman–Crippen MR) is 135 cm³/mol. The Labute approximate surface area is 206 Å². The third kappa shape index (κ3) is 5.08. The molecule has 0 aliphatic carbocycles. The second kappa shape index (κ2) is 8.80. The molecule has 0 saturated heterocycles. The Morgan fingerprint density at radius 2 is 1.41 bits per heavy atom. The van der Waals surface area contributed by atoms with Crippen molar-refractivity contribution >= 4 is 17.9 Å². The third-order valence-corrected chi connectivity index (χ3v) is 8.59. The Morgan fingerprint density at radius 1 is 0.882 bits per heavy atom. The standard InChI is InChI=1S/C29H44O5/c1-25(2,3)16-21(18-13-14-19-20(15-18)23(31)34-22(19)30)28(9,10)27(7,8)17-29(11,24(32)33-12)26(4,5)6/h13-15,21H,16-17H2,1-12H3. The maximum atomic E-state index is 13.0. The molecule has 2 atom stereocenters. The lowest BCUT2D eigenvalue weighted by Gasteiger charge is -2.53. The topological polar surface area (TPSA) is 69.7 Å². The third-order valence-electron chi connectivity index (χ3n) is 8.59. The van der Waals surface area contributed by atoms with Gasteiger partial charge in [0.2, 0.25) is 0 Å². The van der Waals surface area contributed by atoms with Crippen LogP contribution in [-0.4, -0.2) is 25.0 Å². The molecule has 34 heavy (non-hydrogen) atoms. The Bertz CT molecular complexity index is 971. The molecule has 2 rings (SSSR count). The van der Waals surface area contributed by atoms with E-state index in [0.717, 1.165) is 12.0 Å². The lowest BCUT2D eigenvalue weighted by molar-refractivity contribution is -0.164. The van der Waals surface area contributed by atoms with Crippen molar-refractivity contribution in [2.45, 2.75) is 94.9 Å². The maximum absolute atomic E-state index is 13.0. The van der Waals surface area contributed by atoms with Crippen molar-refractivity contribution in [2.75, 3.05) is 7.11 Å². The minimum Gasteiger partial charge on any atom is -0.469 e. The first-order chi connectivity index (χ1) is 15.2. The summed E-state index contributed by atoms with van der Waals surface area (Å²) in [7, 11) is 1.46. The molecule has 2 unspecified atom stereocenters. The second-order valence-corrected chi connectivity index (χ2v) is 13.7. The first-order valence-electron chi connectivity index (χ1n) is 12.2. The molecule has 5 nitrogen and oxygen atoms in total. The fraction of sp³-hybridized carbons (Fsp3) is 0.690. The van der Waals surface area contributed by atoms with Crippen LogP contribution in [0.3, 0.4) is 0 Å². The summed E-state index contributed by atoms with van der Waals surface area (Å²) >= 11 is 0. The number of carbonyl (C=O) groups excluding carboxylic acids is 3. The maximum Gasteiger partial charge on any atom is 0.346 e. The Kier molecular flexibility index (Phi) is 7.27.